The number of thiazole rings is 2. The van der Waals surface area contributed by atoms with Crippen LogP contribution in [0, 0.1) is 11.8 Å². The molecule has 2 saturated heterocycles. The number of carboxylic acids is 1. The number of piperidine rings is 2. The van der Waals surface area contributed by atoms with Gasteiger partial charge in [-0.15, -0.1) is 22.7 Å². The Morgan fingerprint density at radius 1 is 0.700 bits per heavy atom. The normalized spacial score (nSPS) is 19.5. The van der Waals surface area contributed by atoms with E-state index >= 15 is 0 Å². The number of carboxylic acid groups (broad SMARTS) is 1. The number of methoxy groups -OCH3 is 4. The maximum Gasteiger partial charge on any atom is 0.394 e. The molecular weight excluding hydrogens is 945 g/mol. The minimum atomic E-state index is -1.65. The summed E-state index contributed by atoms with van der Waals surface area (Å²) >= 11 is 3.23. The van der Waals surface area contributed by atoms with Crippen molar-refractivity contribution in [1.82, 2.24) is 30.2 Å². The second-order valence-corrected chi connectivity index (χ2v) is 17.8. The number of carbonyl (C=O) groups is 6. The zero-order valence-electron chi connectivity index (χ0n) is 38.5. The molecule has 2 aliphatic heterocycles. The van der Waals surface area contributed by atoms with Crippen molar-refractivity contribution in [2.24, 2.45) is 23.3 Å². The molecule has 8 N–H and O–H groups in total. The van der Waals surface area contributed by atoms with Crippen LogP contribution in [-0.4, -0.2) is 119 Å². The number of likely N-dealkylation sites (tertiary alicyclic amines) is 1. The Morgan fingerprint density at radius 3 is 1.70 bits per heavy atom. The lowest BCUT2D eigenvalue weighted by atomic mass is 9.87. The van der Waals surface area contributed by atoms with Gasteiger partial charge in [0.15, 0.2) is 0 Å². The van der Waals surface area contributed by atoms with E-state index in [2.05, 4.69) is 55.7 Å². The second-order valence-electron chi connectivity index (χ2n) is 16.1. The van der Waals surface area contributed by atoms with Crippen LogP contribution in [0.25, 0.3) is 20.4 Å². The van der Waals surface area contributed by atoms with Crippen molar-refractivity contribution in [3.05, 3.63) is 94.2 Å². The van der Waals surface area contributed by atoms with Crippen LogP contribution in [0.2, 0.25) is 0 Å². The summed E-state index contributed by atoms with van der Waals surface area (Å²) in [5, 5.41) is 16.5. The number of primary amides is 2. The zero-order valence-corrected chi connectivity index (χ0v) is 40.1. The zero-order chi connectivity index (χ0) is 49.9. The van der Waals surface area contributed by atoms with Gasteiger partial charge in [0.05, 0.1) is 87.7 Å². The molecule has 5 amide bonds. The first kappa shape index (κ1) is 53.8. The van der Waals surface area contributed by atoms with E-state index in [1.165, 1.54) is 54.1 Å². The van der Waals surface area contributed by atoms with E-state index in [0.29, 0.717) is 31.0 Å². The van der Waals surface area contributed by atoms with Crippen molar-refractivity contribution in [2.75, 3.05) is 52.2 Å². The van der Waals surface area contributed by atoms with Gasteiger partial charge in [-0.2, -0.15) is 0 Å². The first-order chi connectivity index (χ1) is 33.0. The van der Waals surface area contributed by atoms with Crippen LogP contribution >= 0.6 is 22.7 Å². The van der Waals surface area contributed by atoms with Gasteiger partial charge in [0.25, 0.3) is 11.8 Å². The van der Waals surface area contributed by atoms with Crippen LogP contribution in [0.5, 0.6) is 11.8 Å². The lowest BCUT2D eigenvalue weighted by molar-refractivity contribution is -0.149. The molecule has 0 spiro atoms. The minimum absolute atomic E-state index is 0. The predicted octanol–water partition coefficient (Wildman–Crippen LogP) is 5.19. The number of pyridine rings is 2. The highest BCUT2D eigenvalue weighted by atomic mass is 32.1. The first-order valence-electron chi connectivity index (χ1n) is 21.3. The summed E-state index contributed by atoms with van der Waals surface area (Å²) < 4.78 is 23.3. The molecule has 0 saturated carbocycles. The molecule has 2 aliphatic rings. The van der Waals surface area contributed by atoms with E-state index in [4.69, 9.17) is 35.5 Å². The highest BCUT2D eigenvalue weighted by Gasteiger charge is 2.39. The average Bonchev–Trinajstić information content (AvgIpc) is 4.03. The van der Waals surface area contributed by atoms with Crippen molar-refractivity contribution >= 4 is 90.0 Å². The molecule has 2 aromatic carbocycles. The van der Waals surface area contributed by atoms with E-state index in [9.17, 15) is 28.8 Å². The largest absolute Gasteiger partial charge is 0.480 e. The third-order valence-electron chi connectivity index (χ3n) is 11.6. The Labute approximate surface area is 411 Å². The second kappa shape index (κ2) is 24.4. The Bertz CT molecular complexity index is 2840. The molecule has 0 aliphatic carbocycles. The number of nitrogens with one attached hydrogen (secondary N) is 3. The van der Waals surface area contributed by atoms with E-state index in [1.54, 1.807) is 28.9 Å². The number of hydrogen-bond acceptors (Lipinski definition) is 17. The predicted molar refractivity (Wildman–Crippen MR) is 264 cm³/mol. The SMILES string of the molecule is C.COC1C[C@@H](c2ccc3scnc3c2)NC[C@@H]1C.COc1ncc(NC(=O)C(=O)N2C[C@H](C)[C@H](OC)C[C@H]2c2ccc3scnc3c2)cc1C(N)=O.COc1ncc(NC(=O)C(=O)O)cc1C(N)=O. The molecule has 8 rings (SSSR count). The number of rotatable bonds is 10. The van der Waals surface area contributed by atoms with Gasteiger partial charge in [-0.05, 0) is 66.3 Å². The molecule has 6 atom stereocenters. The standard InChI is InChI=1S/C23H25N5O5S.C14H18N2OS.C9H9N3O5.CH4/c1-12-10-28(17(8-18(12)32-2)13-4-5-19-16(6-13)26-11-34-19)23(31)21(30)27-14-7-15(20(24)29)22(33-3)25-9-14;1-9-7-15-11(6-13(9)17-2)10-3-4-14-12(5-10)16-8-18-14;1-17-8-5(6(10)13)2-4(3-11-8)12-7(14)9(15)16;/h4-7,9,11-12,17-18H,8,10H2,1-3H3,(H2,24,29)(H,27,30);3-5,8-9,11,13,15H,6-7H2,1-2H3;2-3H,1H3,(H2,10,13)(H,12,14)(H,15,16);1H4/t12-,17-,18+;9-,11-,13?;;/m00../s1. The molecule has 4 aromatic heterocycles. The third-order valence-corrected chi connectivity index (χ3v) is 13.2. The fourth-order valence-corrected chi connectivity index (χ4v) is 9.30. The highest BCUT2D eigenvalue weighted by molar-refractivity contribution is 7.17. The Kier molecular flexibility index (Phi) is 18.7. The van der Waals surface area contributed by atoms with Gasteiger partial charge in [0.1, 0.15) is 11.1 Å². The summed E-state index contributed by atoms with van der Waals surface area (Å²) in [6.07, 6.45) is 4.31. The van der Waals surface area contributed by atoms with Crippen LogP contribution in [-0.2, 0) is 28.7 Å². The molecule has 23 heteroatoms. The number of benzene rings is 2. The number of nitrogens with two attached hydrogens (primary N) is 2. The monoisotopic (exact) mass is 1000 g/mol. The number of fused-ring (bicyclic) bond motifs is 2. The number of aromatic nitrogens is 4. The molecule has 21 nitrogen and oxygen atoms in total. The quantitative estimate of drug-likeness (QED) is 0.0962. The van der Waals surface area contributed by atoms with Gasteiger partial charge in [0, 0.05) is 39.3 Å². The lowest BCUT2D eigenvalue weighted by Gasteiger charge is -2.42. The Balaban J connectivity index is 0.000000214. The number of carbonyl (C=O) groups excluding carboxylic acids is 5. The number of aliphatic carboxylic acids is 1. The average molecular weight is 1000 g/mol. The molecule has 1 unspecified atom stereocenters. The Hall–Kier alpha value is -7.18. The summed E-state index contributed by atoms with van der Waals surface area (Å²) in [7, 11) is 6.11. The van der Waals surface area contributed by atoms with Gasteiger partial charge in [-0.3, -0.25) is 24.0 Å². The van der Waals surface area contributed by atoms with Gasteiger partial charge in [0.2, 0.25) is 11.8 Å². The van der Waals surface area contributed by atoms with Gasteiger partial charge < -0.3 is 56.4 Å². The Morgan fingerprint density at radius 2 is 1.20 bits per heavy atom. The lowest BCUT2D eigenvalue weighted by Crippen LogP contribution is -2.50. The fraction of sp³-hybridized carbons (Fsp3) is 0.362. The first-order valence-corrected chi connectivity index (χ1v) is 23.1. The molecule has 6 aromatic rings. The molecule has 2 fully saturated rings. The maximum absolute atomic E-state index is 13.3. The highest BCUT2D eigenvalue weighted by Crippen LogP contribution is 2.37. The minimum Gasteiger partial charge on any atom is -0.480 e. The topological polar surface area (TPSA) is 302 Å². The van der Waals surface area contributed by atoms with Crippen molar-refractivity contribution in [1.29, 1.82) is 0 Å². The van der Waals surface area contributed by atoms with E-state index in [0.717, 1.165) is 40.5 Å². The van der Waals surface area contributed by atoms with E-state index in [-0.39, 0.29) is 59.8 Å². The summed E-state index contributed by atoms with van der Waals surface area (Å²) in [5.41, 5.74) is 18.4. The molecule has 0 bridgehead atoms. The van der Waals surface area contributed by atoms with Crippen LogP contribution in [0.1, 0.15) is 78.0 Å². The smallest absolute Gasteiger partial charge is 0.394 e. The maximum atomic E-state index is 13.3. The number of anilines is 2. The number of hydrogen-bond donors (Lipinski definition) is 6. The van der Waals surface area contributed by atoms with E-state index < -0.39 is 35.5 Å². The molecular formula is C47H56N10O11S2. The van der Waals surface area contributed by atoms with Gasteiger partial charge >= 0.3 is 23.7 Å². The molecule has 372 valence electrons. The summed E-state index contributed by atoms with van der Waals surface area (Å²) in [5.74, 6) is -5.37. The van der Waals surface area contributed by atoms with Crippen LogP contribution in [0.4, 0.5) is 11.4 Å². The summed E-state index contributed by atoms with van der Waals surface area (Å²) in [6.45, 7) is 5.58. The number of nitrogens with zero attached hydrogens (tertiary/aromatic N) is 5. The van der Waals surface area contributed by atoms with Crippen LogP contribution in [0.15, 0.2) is 71.9 Å². The number of amides is 5. The molecule has 70 heavy (non-hydrogen) atoms. The van der Waals surface area contributed by atoms with Crippen molar-refractivity contribution in [2.45, 2.75) is 58.4 Å². The third kappa shape index (κ3) is 12.9. The van der Waals surface area contributed by atoms with E-state index in [1.807, 2.05) is 43.1 Å². The van der Waals surface area contributed by atoms with Crippen LogP contribution < -0.4 is 36.9 Å². The number of ether oxygens (including phenoxy) is 4. The van der Waals surface area contributed by atoms with Crippen molar-refractivity contribution in [3.63, 3.8) is 0 Å². The fourth-order valence-electron chi connectivity index (χ4n) is 7.99. The van der Waals surface area contributed by atoms with Crippen molar-refractivity contribution in [3.8, 4) is 11.8 Å². The van der Waals surface area contributed by atoms with Crippen LogP contribution in [0.3, 0.4) is 0 Å². The summed E-state index contributed by atoms with van der Waals surface area (Å²) in [4.78, 5) is 88.1. The van der Waals surface area contributed by atoms with Gasteiger partial charge in [-0.25, -0.2) is 24.7 Å². The summed E-state index contributed by atoms with van der Waals surface area (Å²) in [6, 6.07) is 15.0. The molecule has 6 heterocycles. The van der Waals surface area contributed by atoms with Crippen molar-refractivity contribution < 1.29 is 52.8 Å². The van der Waals surface area contributed by atoms with Gasteiger partial charge in [-0.1, -0.05) is 33.4 Å². The molecule has 0 radical (unpaired) electrons.